The largest absolute Gasteiger partial charge is 0.497 e. The number of amides is 1. The molecule has 8 nitrogen and oxygen atoms in total. The first kappa shape index (κ1) is 29.0. The van der Waals surface area contributed by atoms with E-state index in [0.717, 1.165) is 17.8 Å². The Bertz CT molecular complexity index is 1810. The quantitative estimate of drug-likeness (QED) is 0.209. The minimum Gasteiger partial charge on any atom is -0.497 e. The number of methoxy groups -OCH3 is 1. The van der Waals surface area contributed by atoms with E-state index < -0.39 is 40.9 Å². The topological polar surface area (TPSA) is 89.4 Å². The van der Waals surface area contributed by atoms with Gasteiger partial charge in [0, 0.05) is 36.0 Å². The van der Waals surface area contributed by atoms with Crippen molar-refractivity contribution in [2.75, 3.05) is 12.4 Å². The molecule has 2 aromatic carbocycles. The molecule has 1 amide bonds. The number of pyridine rings is 1. The van der Waals surface area contributed by atoms with E-state index in [1.807, 2.05) is 23.0 Å². The third kappa shape index (κ3) is 5.17. The Morgan fingerprint density at radius 2 is 1.82 bits per heavy atom. The summed E-state index contributed by atoms with van der Waals surface area (Å²) in [5, 5.41) is 5.98. The van der Waals surface area contributed by atoms with Gasteiger partial charge >= 0.3 is 12.4 Å². The fraction of sp³-hybridized carbons (Fsp3) is 0.233. The number of hydrogen-bond acceptors (Lipinski definition) is 6. The van der Waals surface area contributed by atoms with E-state index in [4.69, 9.17) is 4.74 Å². The average molecular weight is 614 g/mol. The highest BCUT2D eigenvalue weighted by Gasteiger charge is 2.51. The summed E-state index contributed by atoms with van der Waals surface area (Å²) in [6.45, 7) is 0.365. The summed E-state index contributed by atoms with van der Waals surface area (Å²) in [6.07, 6.45) is -7.85. The van der Waals surface area contributed by atoms with Gasteiger partial charge in [-0.15, -0.1) is 0 Å². The molecule has 1 N–H and O–H groups in total. The van der Waals surface area contributed by atoms with Gasteiger partial charge in [-0.25, -0.2) is 9.48 Å². The molecule has 6 rings (SSSR count). The molecule has 0 bridgehead atoms. The predicted octanol–water partition coefficient (Wildman–Crippen LogP) is 6.11. The van der Waals surface area contributed by atoms with Crippen molar-refractivity contribution in [2.45, 2.75) is 37.3 Å². The molecule has 0 saturated heterocycles. The summed E-state index contributed by atoms with van der Waals surface area (Å²) < 4.78 is 88.5. The van der Waals surface area contributed by atoms with Crippen LogP contribution in [0.5, 0.6) is 5.75 Å². The Labute approximate surface area is 245 Å². The SMILES string of the molecule is COc1ccc(CN2C(=C=O)c3cccc(-n4ncc(C(=O)Nc5ccnc(C(F)(F)F)c5)c4C(F)(F)F)c3C3CC32)cc1. The van der Waals surface area contributed by atoms with Crippen molar-refractivity contribution in [3.63, 3.8) is 0 Å². The van der Waals surface area contributed by atoms with E-state index in [1.165, 1.54) is 12.1 Å². The summed E-state index contributed by atoms with van der Waals surface area (Å²) >= 11 is 0. The molecule has 1 fully saturated rings. The van der Waals surface area contributed by atoms with E-state index in [1.54, 1.807) is 25.3 Å². The van der Waals surface area contributed by atoms with Crippen molar-refractivity contribution < 1.29 is 40.7 Å². The maximum absolute atomic E-state index is 14.5. The monoisotopic (exact) mass is 613 g/mol. The molecule has 44 heavy (non-hydrogen) atoms. The highest BCUT2D eigenvalue weighted by molar-refractivity contribution is 6.05. The predicted molar refractivity (Wildman–Crippen MR) is 145 cm³/mol. The van der Waals surface area contributed by atoms with Crippen LogP contribution in [0.4, 0.5) is 32.0 Å². The Kier molecular flexibility index (Phi) is 6.96. The van der Waals surface area contributed by atoms with Crippen LogP contribution in [0.15, 0.2) is 67.0 Å². The average Bonchev–Trinajstić information content (AvgIpc) is 3.65. The lowest BCUT2D eigenvalue weighted by molar-refractivity contribution is -0.143. The molecule has 3 heterocycles. The molecule has 2 aliphatic rings. The minimum atomic E-state index is -5.08. The lowest BCUT2D eigenvalue weighted by atomic mass is 9.94. The van der Waals surface area contributed by atoms with Gasteiger partial charge in [-0.1, -0.05) is 24.3 Å². The second-order valence-corrected chi connectivity index (χ2v) is 10.3. The van der Waals surface area contributed by atoms with E-state index in [9.17, 15) is 35.9 Å². The van der Waals surface area contributed by atoms with Crippen LogP contribution in [-0.2, 0) is 23.7 Å². The van der Waals surface area contributed by atoms with Gasteiger partial charge in [0.1, 0.15) is 17.1 Å². The molecule has 14 heteroatoms. The number of aromatic nitrogens is 3. The van der Waals surface area contributed by atoms with Gasteiger partial charge in [0.25, 0.3) is 5.91 Å². The number of nitrogens with zero attached hydrogens (tertiary/aromatic N) is 4. The van der Waals surface area contributed by atoms with Crippen molar-refractivity contribution in [1.29, 1.82) is 0 Å². The van der Waals surface area contributed by atoms with Gasteiger partial charge in [-0.2, -0.15) is 31.4 Å². The number of fused-ring (bicyclic) bond motifs is 3. The number of carbonyl (C=O) groups is 1. The number of rotatable bonds is 6. The number of anilines is 1. The second kappa shape index (κ2) is 10.6. The van der Waals surface area contributed by atoms with Crippen LogP contribution in [0, 0.1) is 0 Å². The van der Waals surface area contributed by atoms with Gasteiger partial charge in [0.15, 0.2) is 11.6 Å². The summed E-state index contributed by atoms with van der Waals surface area (Å²) in [4.78, 5) is 30.3. The van der Waals surface area contributed by atoms with E-state index in [2.05, 4.69) is 15.4 Å². The van der Waals surface area contributed by atoms with Crippen molar-refractivity contribution in [3.05, 3.63) is 101 Å². The Hall–Kier alpha value is -5.10. The number of halogens is 6. The number of carbonyl (C=O) groups excluding carboxylic acids is 2. The number of hydrogen-bond donors (Lipinski definition) is 1. The van der Waals surface area contributed by atoms with Gasteiger partial charge in [-0.05, 0) is 47.9 Å². The van der Waals surface area contributed by atoms with Crippen molar-refractivity contribution >= 4 is 23.2 Å². The van der Waals surface area contributed by atoms with Gasteiger partial charge in [0.05, 0.1) is 24.6 Å². The molecule has 1 aliphatic heterocycles. The summed E-state index contributed by atoms with van der Waals surface area (Å²) in [5.41, 5.74) is -2.05. The molecule has 2 aromatic heterocycles. The lowest BCUT2D eigenvalue weighted by Crippen LogP contribution is -2.30. The van der Waals surface area contributed by atoms with Crippen molar-refractivity contribution in [2.24, 2.45) is 0 Å². The van der Waals surface area contributed by atoms with Crippen molar-refractivity contribution in [3.8, 4) is 11.4 Å². The molecule has 2 atom stereocenters. The lowest BCUT2D eigenvalue weighted by Gasteiger charge is -2.32. The Morgan fingerprint density at radius 3 is 2.48 bits per heavy atom. The molecule has 0 radical (unpaired) electrons. The summed E-state index contributed by atoms with van der Waals surface area (Å²) in [7, 11) is 1.55. The molecule has 226 valence electrons. The van der Waals surface area contributed by atoms with Gasteiger partial charge < -0.3 is 15.0 Å². The van der Waals surface area contributed by atoms with Crippen LogP contribution in [0.1, 0.15) is 50.8 Å². The van der Waals surface area contributed by atoms with Crippen LogP contribution >= 0.6 is 0 Å². The molecule has 1 aliphatic carbocycles. The third-order valence-electron chi connectivity index (χ3n) is 7.58. The van der Waals surface area contributed by atoms with Crippen LogP contribution in [0.3, 0.4) is 0 Å². The molecular weight excluding hydrogens is 592 g/mol. The highest BCUT2D eigenvalue weighted by Crippen LogP contribution is 2.55. The maximum Gasteiger partial charge on any atom is 0.434 e. The van der Waals surface area contributed by atoms with Crippen LogP contribution in [-0.4, -0.2) is 44.7 Å². The first-order valence-electron chi connectivity index (χ1n) is 13.2. The first-order chi connectivity index (χ1) is 20.9. The fourth-order valence-corrected chi connectivity index (χ4v) is 5.56. The first-order valence-corrected chi connectivity index (χ1v) is 13.2. The maximum atomic E-state index is 14.5. The zero-order chi connectivity index (χ0) is 31.4. The van der Waals surface area contributed by atoms with Crippen molar-refractivity contribution in [1.82, 2.24) is 19.7 Å². The van der Waals surface area contributed by atoms with E-state index in [0.29, 0.717) is 46.8 Å². The number of alkyl halides is 6. The molecule has 4 aromatic rings. The van der Waals surface area contributed by atoms with Crippen LogP contribution in [0.2, 0.25) is 0 Å². The smallest absolute Gasteiger partial charge is 0.434 e. The highest BCUT2D eigenvalue weighted by atomic mass is 19.4. The number of benzene rings is 2. The molecular formula is C30H21F6N5O3. The third-order valence-corrected chi connectivity index (χ3v) is 7.58. The van der Waals surface area contributed by atoms with Gasteiger partial charge in [-0.3, -0.25) is 9.78 Å². The number of nitrogens with one attached hydrogen (secondary N) is 1. The zero-order valence-corrected chi connectivity index (χ0v) is 22.7. The number of ether oxygens (including phenoxy) is 1. The zero-order valence-electron chi connectivity index (χ0n) is 22.7. The van der Waals surface area contributed by atoms with E-state index in [-0.39, 0.29) is 23.3 Å². The Balaban J connectivity index is 1.37. The fourth-order valence-electron chi connectivity index (χ4n) is 5.56. The van der Waals surface area contributed by atoms with Crippen LogP contribution in [0.25, 0.3) is 11.4 Å². The second-order valence-electron chi connectivity index (χ2n) is 10.3. The van der Waals surface area contributed by atoms with Gasteiger partial charge in [0.2, 0.25) is 0 Å². The summed E-state index contributed by atoms with van der Waals surface area (Å²) in [5.74, 6) is 1.10. The molecule has 1 saturated carbocycles. The van der Waals surface area contributed by atoms with Crippen LogP contribution < -0.4 is 10.1 Å². The summed E-state index contributed by atoms with van der Waals surface area (Å²) in [6, 6.07) is 13.2. The van der Waals surface area contributed by atoms with E-state index >= 15 is 0 Å². The molecule has 2 unspecified atom stereocenters. The minimum absolute atomic E-state index is 0.0292. The standard InChI is InChI=1S/C30H21F6N5O3/c1-44-18-7-5-16(6-8-18)14-40-23-12-20(23)26-19(24(40)15-42)3-2-4-22(26)41-27(30(34,35)36)21(13-38-41)28(43)39-17-9-10-37-25(11-17)29(31,32)33/h2-11,13,20,23H,12,14H2,1H3,(H,37,39,43). The Morgan fingerprint density at radius 1 is 1.07 bits per heavy atom. The molecule has 0 spiro atoms. The normalized spacial score (nSPS) is 17.4.